The molecule has 6 nitrogen and oxygen atoms in total. The first kappa shape index (κ1) is 20.9. The van der Waals surface area contributed by atoms with Crippen molar-refractivity contribution in [2.75, 3.05) is 31.5 Å². The first-order valence-electron chi connectivity index (χ1n) is 9.54. The average molecular weight is 383 g/mol. The van der Waals surface area contributed by atoms with Crippen LogP contribution in [0.3, 0.4) is 0 Å². The molecule has 1 aliphatic rings. The highest BCUT2D eigenvalue weighted by atomic mass is 32.2. The Labute approximate surface area is 157 Å². The van der Waals surface area contributed by atoms with Crippen molar-refractivity contribution in [1.29, 1.82) is 0 Å². The van der Waals surface area contributed by atoms with Crippen molar-refractivity contribution in [2.24, 2.45) is 0 Å². The number of amides is 1. The minimum Gasteiger partial charge on any atom is -0.325 e. The standard InChI is InChI=1S/C19H31N3O3S/c1-5-22(6-2)26(24,25)18-13-17(11-10-15(18)3)20-19(23)14-21-12-8-7-9-16(21)4/h10-11,13,16H,5-9,12,14H2,1-4H3,(H,20,23)/p+1/t16-/m1/s1. The summed E-state index contributed by atoms with van der Waals surface area (Å²) in [7, 11) is -3.55. The van der Waals surface area contributed by atoms with Crippen molar-refractivity contribution in [3.63, 3.8) is 0 Å². The van der Waals surface area contributed by atoms with Crippen LogP contribution >= 0.6 is 0 Å². The van der Waals surface area contributed by atoms with Gasteiger partial charge in [-0.05, 0) is 50.8 Å². The lowest BCUT2D eigenvalue weighted by Gasteiger charge is -2.29. The van der Waals surface area contributed by atoms with Gasteiger partial charge in [-0.2, -0.15) is 4.31 Å². The van der Waals surface area contributed by atoms with E-state index in [0.717, 1.165) is 19.4 Å². The van der Waals surface area contributed by atoms with Crippen molar-refractivity contribution in [2.45, 2.75) is 57.9 Å². The van der Waals surface area contributed by atoms with E-state index in [9.17, 15) is 13.2 Å². The molecule has 1 unspecified atom stereocenters. The number of rotatable bonds is 7. The number of nitrogens with one attached hydrogen (secondary N) is 2. The summed E-state index contributed by atoms with van der Waals surface area (Å²) in [6, 6.07) is 5.59. The number of hydrogen-bond acceptors (Lipinski definition) is 3. The van der Waals surface area contributed by atoms with Gasteiger partial charge in [-0.15, -0.1) is 0 Å². The Balaban J connectivity index is 2.15. The lowest BCUT2D eigenvalue weighted by Crippen LogP contribution is -3.17. The monoisotopic (exact) mass is 382 g/mol. The Morgan fingerprint density at radius 2 is 1.96 bits per heavy atom. The fourth-order valence-electron chi connectivity index (χ4n) is 3.59. The predicted molar refractivity (Wildman–Crippen MR) is 104 cm³/mol. The number of anilines is 1. The lowest BCUT2D eigenvalue weighted by atomic mass is 10.0. The Kier molecular flexibility index (Phi) is 7.20. The summed E-state index contributed by atoms with van der Waals surface area (Å²) >= 11 is 0. The van der Waals surface area contributed by atoms with E-state index in [2.05, 4.69) is 12.2 Å². The third-order valence-corrected chi connectivity index (χ3v) is 7.46. The lowest BCUT2D eigenvalue weighted by molar-refractivity contribution is -0.920. The van der Waals surface area contributed by atoms with E-state index in [1.165, 1.54) is 15.6 Å². The Bertz CT molecular complexity index is 730. The SMILES string of the molecule is CCN(CC)S(=O)(=O)c1cc(NC(=O)C[NH+]2CCCC[C@H]2C)ccc1C. The summed E-state index contributed by atoms with van der Waals surface area (Å²) in [5.41, 5.74) is 1.22. The molecule has 0 spiro atoms. The normalized spacial score (nSPS) is 21.0. The van der Waals surface area contributed by atoms with Crippen LogP contribution in [0.2, 0.25) is 0 Å². The summed E-state index contributed by atoms with van der Waals surface area (Å²) in [6.45, 7) is 9.90. The molecule has 2 N–H and O–H groups in total. The van der Waals surface area contributed by atoms with E-state index >= 15 is 0 Å². The molecule has 146 valence electrons. The zero-order valence-corrected chi connectivity index (χ0v) is 17.2. The van der Waals surface area contributed by atoms with Crippen molar-refractivity contribution >= 4 is 21.6 Å². The molecule has 26 heavy (non-hydrogen) atoms. The number of carbonyl (C=O) groups excluding carboxylic acids is 1. The number of sulfonamides is 1. The van der Waals surface area contributed by atoms with Crippen LogP contribution in [-0.4, -0.2) is 50.9 Å². The van der Waals surface area contributed by atoms with Crippen LogP contribution in [0.1, 0.15) is 45.6 Å². The van der Waals surface area contributed by atoms with Gasteiger partial charge in [0.15, 0.2) is 6.54 Å². The van der Waals surface area contributed by atoms with Gasteiger partial charge in [0.1, 0.15) is 0 Å². The Morgan fingerprint density at radius 3 is 2.58 bits per heavy atom. The van der Waals surface area contributed by atoms with E-state index in [-0.39, 0.29) is 10.8 Å². The van der Waals surface area contributed by atoms with Gasteiger partial charge in [-0.25, -0.2) is 8.42 Å². The first-order valence-corrected chi connectivity index (χ1v) is 11.0. The van der Waals surface area contributed by atoms with E-state index in [4.69, 9.17) is 0 Å². The molecule has 1 aromatic carbocycles. The summed E-state index contributed by atoms with van der Waals surface area (Å²) in [4.78, 5) is 14.0. The molecule has 7 heteroatoms. The van der Waals surface area contributed by atoms with E-state index in [1.54, 1.807) is 25.1 Å². The third kappa shape index (κ3) is 4.84. The number of carbonyl (C=O) groups is 1. The maximum Gasteiger partial charge on any atom is 0.279 e. The highest BCUT2D eigenvalue weighted by Crippen LogP contribution is 2.23. The largest absolute Gasteiger partial charge is 0.325 e. The van der Waals surface area contributed by atoms with Gasteiger partial charge < -0.3 is 10.2 Å². The number of aryl methyl sites for hydroxylation is 1. The second kappa shape index (κ2) is 8.97. The minimum absolute atomic E-state index is 0.0659. The second-order valence-corrected chi connectivity index (χ2v) is 9.01. The van der Waals surface area contributed by atoms with Crippen LogP contribution in [-0.2, 0) is 14.8 Å². The van der Waals surface area contributed by atoms with Crippen molar-refractivity contribution in [3.8, 4) is 0 Å². The molecular formula is C19H32N3O3S+. The zero-order chi connectivity index (χ0) is 19.3. The Morgan fingerprint density at radius 1 is 1.27 bits per heavy atom. The average Bonchev–Trinajstić information content (AvgIpc) is 2.59. The Hall–Kier alpha value is -1.44. The van der Waals surface area contributed by atoms with Gasteiger partial charge in [-0.1, -0.05) is 19.9 Å². The topological polar surface area (TPSA) is 70.9 Å². The molecule has 1 fully saturated rings. The summed E-state index contributed by atoms with van der Waals surface area (Å²) < 4.78 is 27.1. The summed E-state index contributed by atoms with van der Waals surface area (Å²) in [6.07, 6.45) is 3.54. The van der Waals surface area contributed by atoms with Crippen LogP contribution in [0.25, 0.3) is 0 Å². The summed E-state index contributed by atoms with van der Waals surface area (Å²) in [5.74, 6) is -0.0659. The van der Waals surface area contributed by atoms with Crippen molar-refractivity contribution < 1.29 is 18.1 Å². The maximum absolute atomic E-state index is 12.8. The zero-order valence-electron chi connectivity index (χ0n) is 16.3. The molecular weight excluding hydrogens is 350 g/mol. The highest BCUT2D eigenvalue weighted by Gasteiger charge is 2.26. The van der Waals surface area contributed by atoms with Crippen molar-refractivity contribution in [1.82, 2.24) is 4.31 Å². The molecule has 0 saturated carbocycles. The van der Waals surface area contributed by atoms with E-state index < -0.39 is 10.0 Å². The van der Waals surface area contributed by atoms with Crippen molar-refractivity contribution in [3.05, 3.63) is 23.8 Å². The van der Waals surface area contributed by atoms with Crippen LogP contribution in [0, 0.1) is 6.92 Å². The molecule has 0 aliphatic carbocycles. The van der Waals surface area contributed by atoms with Gasteiger partial charge in [0, 0.05) is 18.8 Å². The molecule has 1 amide bonds. The van der Waals surface area contributed by atoms with Crippen LogP contribution < -0.4 is 10.2 Å². The molecule has 0 radical (unpaired) electrons. The minimum atomic E-state index is -3.55. The van der Waals surface area contributed by atoms with E-state index in [1.807, 2.05) is 13.8 Å². The first-order chi connectivity index (χ1) is 12.3. The molecule has 1 aliphatic heterocycles. The number of quaternary nitrogens is 1. The van der Waals surface area contributed by atoms with Gasteiger partial charge in [-0.3, -0.25) is 4.79 Å². The molecule has 1 aromatic rings. The third-order valence-electron chi connectivity index (χ3n) is 5.26. The van der Waals surface area contributed by atoms with Crippen LogP contribution in [0.15, 0.2) is 23.1 Å². The fraction of sp³-hybridized carbons (Fsp3) is 0.632. The highest BCUT2D eigenvalue weighted by molar-refractivity contribution is 7.89. The molecule has 0 bridgehead atoms. The molecule has 1 heterocycles. The predicted octanol–water partition coefficient (Wildman–Crippen LogP) is 1.42. The number of benzene rings is 1. The molecule has 2 rings (SSSR count). The molecule has 0 aromatic heterocycles. The quantitative estimate of drug-likeness (QED) is 0.749. The van der Waals surface area contributed by atoms with Gasteiger partial charge in [0.2, 0.25) is 10.0 Å². The van der Waals surface area contributed by atoms with E-state index in [0.29, 0.717) is 36.9 Å². The number of likely N-dealkylation sites (tertiary alicyclic amines) is 1. The van der Waals surface area contributed by atoms with Crippen LogP contribution in [0.5, 0.6) is 0 Å². The molecule has 2 atom stereocenters. The smallest absolute Gasteiger partial charge is 0.279 e. The van der Waals surface area contributed by atoms with Gasteiger partial charge >= 0.3 is 0 Å². The van der Waals surface area contributed by atoms with Gasteiger partial charge in [0.05, 0.1) is 17.5 Å². The van der Waals surface area contributed by atoms with Gasteiger partial charge in [0.25, 0.3) is 5.91 Å². The fourth-order valence-corrected chi connectivity index (χ4v) is 5.29. The second-order valence-electron chi connectivity index (χ2n) is 7.10. The van der Waals surface area contributed by atoms with Crippen LogP contribution in [0.4, 0.5) is 5.69 Å². The maximum atomic E-state index is 12.8. The number of nitrogens with zero attached hydrogens (tertiary/aromatic N) is 1. The number of hydrogen-bond donors (Lipinski definition) is 2. The summed E-state index contributed by atoms with van der Waals surface area (Å²) in [5, 5.41) is 2.88. The number of piperidine rings is 1. The molecule has 1 saturated heterocycles.